The Morgan fingerprint density at radius 3 is 1.52 bits per heavy atom. The van der Waals surface area contributed by atoms with E-state index in [2.05, 4.69) is 19.9 Å². The number of unbranched alkanes of at least 4 members (excludes halogenated alkanes) is 14. The summed E-state index contributed by atoms with van der Waals surface area (Å²) in [5.74, 6) is 0. The van der Waals surface area contributed by atoms with Crippen molar-refractivity contribution < 1.29 is 4.79 Å². The van der Waals surface area contributed by atoms with Crippen molar-refractivity contribution in [1.29, 1.82) is 0 Å². The van der Waals surface area contributed by atoms with E-state index in [-0.39, 0.29) is 0 Å². The Hall–Kier alpha value is -0.590. The van der Waals surface area contributed by atoms with Crippen LogP contribution < -0.4 is 0 Å². The third-order valence-electron chi connectivity index (χ3n) is 4.68. The van der Waals surface area contributed by atoms with E-state index in [9.17, 15) is 4.79 Å². The molecule has 0 N–H and O–H groups in total. The molecule has 0 atom stereocenters. The van der Waals surface area contributed by atoms with Crippen LogP contribution in [0.4, 0.5) is 0 Å². The van der Waals surface area contributed by atoms with Gasteiger partial charge in [-0.3, -0.25) is 4.79 Å². The first-order valence-corrected chi connectivity index (χ1v) is 10.5. The summed E-state index contributed by atoms with van der Waals surface area (Å²) in [7, 11) is 0. The van der Waals surface area contributed by atoms with E-state index >= 15 is 0 Å². The molecule has 0 saturated heterocycles. The Labute approximate surface area is 146 Å². The number of carbonyl (C=O) groups excluding carboxylic acids is 1. The van der Waals surface area contributed by atoms with Gasteiger partial charge in [0.05, 0.1) is 0 Å². The molecule has 0 aliphatic carbocycles. The third-order valence-corrected chi connectivity index (χ3v) is 4.68. The van der Waals surface area contributed by atoms with E-state index in [1.54, 1.807) is 0 Å². The molecule has 23 heavy (non-hydrogen) atoms. The van der Waals surface area contributed by atoms with Crippen molar-refractivity contribution in [2.24, 2.45) is 0 Å². The number of allylic oxidation sites excluding steroid dienone is 2. The second kappa shape index (κ2) is 19.5. The predicted octanol–water partition coefficient (Wildman–Crippen LogP) is 7.78. The second-order valence-electron chi connectivity index (χ2n) is 7.03. The first kappa shape index (κ1) is 22.4. The van der Waals surface area contributed by atoms with Gasteiger partial charge in [0.15, 0.2) is 0 Å². The Morgan fingerprint density at radius 2 is 1.04 bits per heavy atom. The zero-order valence-electron chi connectivity index (χ0n) is 16.1. The van der Waals surface area contributed by atoms with E-state index in [1.807, 2.05) is 0 Å². The maximum atomic E-state index is 11.1. The van der Waals surface area contributed by atoms with Gasteiger partial charge in [-0.05, 0) is 31.3 Å². The molecule has 0 aromatic carbocycles. The Balaban J connectivity index is 3.44. The molecule has 0 aliphatic rings. The van der Waals surface area contributed by atoms with Crippen LogP contribution in [0.3, 0.4) is 0 Å². The molecular formula is C22H42O. The molecule has 0 aromatic heterocycles. The van der Waals surface area contributed by atoms with Gasteiger partial charge in [-0.1, -0.05) is 103 Å². The minimum atomic E-state index is 0.994. The number of carbonyl (C=O) groups is 1. The third kappa shape index (κ3) is 17.6. The van der Waals surface area contributed by atoms with Crippen LogP contribution in [0.1, 0.15) is 123 Å². The van der Waals surface area contributed by atoms with Gasteiger partial charge in [0.1, 0.15) is 6.29 Å². The van der Waals surface area contributed by atoms with Crippen LogP contribution in [0.15, 0.2) is 11.6 Å². The van der Waals surface area contributed by atoms with Crippen LogP contribution in [0.2, 0.25) is 0 Å². The Kier molecular flexibility index (Phi) is 19.0. The highest BCUT2D eigenvalue weighted by atomic mass is 16.1. The minimum absolute atomic E-state index is 0.994. The summed E-state index contributed by atoms with van der Waals surface area (Å²) in [5.41, 5.74) is 1.04. The number of rotatable bonds is 18. The quantitative estimate of drug-likeness (QED) is 0.143. The average Bonchev–Trinajstić information content (AvgIpc) is 2.57. The normalized spacial score (nSPS) is 11.8. The van der Waals surface area contributed by atoms with Crippen LogP contribution in [0, 0.1) is 0 Å². The van der Waals surface area contributed by atoms with Crippen molar-refractivity contribution in [3.05, 3.63) is 11.6 Å². The number of hydrogen-bond donors (Lipinski definition) is 0. The van der Waals surface area contributed by atoms with Crippen LogP contribution in [-0.2, 0) is 4.79 Å². The van der Waals surface area contributed by atoms with Gasteiger partial charge in [-0.15, -0.1) is 0 Å². The molecule has 0 saturated carbocycles. The van der Waals surface area contributed by atoms with Crippen LogP contribution in [0.5, 0.6) is 0 Å². The monoisotopic (exact) mass is 322 g/mol. The van der Waals surface area contributed by atoms with Crippen molar-refractivity contribution in [1.82, 2.24) is 0 Å². The maximum absolute atomic E-state index is 11.1. The smallest absolute Gasteiger partial charge is 0.145 e. The molecule has 1 heteroatoms. The molecule has 0 fully saturated rings. The van der Waals surface area contributed by atoms with Gasteiger partial charge < -0.3 is 0 Å². The molecule has 1 nitrogen and oxygen atoms in total. The van der Waals surface area contributed by atoms with Crippen molar-refractivity contribution in [3.8, 4) is 0 Å². The zero-order chi connectivity index (χ0) is 17.0. The Bertz CT molecular complexity index is 267. The fraction of sp³-hybridized carbons (Fsp3) is 0.864. The summed E-state index contributed by atoms with van der Waals surface area (Å²) >= 11 is 0. The average molecular weight is 323 g/mol. The van der Waals surface area contributed by atoms with Crippen LogP contribution >= 0.6 is 0 Å². The number of hydrogen-bond acceptors (Lipinski definition) is 1. The van der Waals surface area contributed by atoms with Crippen LogP contribution in [0.25, 0.3) is 0 Å². The van der Waals surface area contributed by atoms with Gasteiger partial charge >= 0.3 is 0 Å². The Morgan fingerprint density at radius 1 is 0.609 bits per heavy atom. The van der Waals surface area contributed by atoms with E-state index in [0.29, 0.717) is 0 Å². The predicted molar refractivity (Wildman–Crippen MR) is 104 cm³/mol. The highest BCUT2D eigenvalue weighted by Crippen LogP contribution is 2.14. The SMILES string of the molecule is CCCCCCCCCC/C=C(\C=O)CCCCCCCCC. The molecule has 0 aromatic rings. The number of aldehydes is 1. The highest BCUT2D eigenvalue weighted by Gasteiger charge is 1.97. The van der Waals surface area contributed by atoms with Gasteiger partial charge in [-0.2, -0.15) is 0 Å². The second-order valence-corrected chi connectivity index (χ2v) is 7.03. The first-order chi connectivity index (χ1) is 11.3. The van der Waals surface area contributed by atoms with Gasteiger partial charge in [0.2, 0.25) is 0 Å². The van der Waals surface area contributed by atoms with Crippen LogP contribution in [-0.4, -0.2) is 6.29 Å². The zero-order valence-corrected chi connectivity index (χ0v) is 16.1. The van der Waals surface area contributed by atoms with E-state index in [0.717, 1.165) is 24.7 Å². The van der Waals surface area contributed by atoms with Crippen molar-refractivity contribution in [3.63, 3.8) is 0 Å². The maximum Gasteiger partial charge on any atom is 0.145 e. The first-order valence-electron chi connectivity index (χ1n) is 10.5. The molecule has 0 heterocycles. The van der Waals surface area contributed by atoms with E-state index < -0.39 is 0 Å². The summed E-state index contributed by atoms with van der Waals surface area (Å²) in [6, 6.07) is 0. The molecule has 0 rings (SSSR count). The lowest BCUT2D eigenvalue weighted by atomic mass is 10.0. The fourth-order valence-corrected chi connectivity index (χ4v) is 3.06. The summed E-state index contributed by atoms with van der Waals surface area (Å²) < 4.78 is 0. The van der Waals surface area contributed by atoms with Crippen molar-refractivity contribution >= 4 is 6.29 Å². The molecule has 0 bridgehead atoms. The molecule has 0 aliphatic heterocycles. The molecule has 136 valence electrons. The largest absolute Gasteiger partial charge is 0.298 e. The molecule has 0 spiro atoms. The molecule has 0 unspecified atom stereocenters. The lowest BCUT2D eigenvalue weighted by molar-refractivity contribution is -0.105. The van der Waals surface area contributed by atoms with Gasteiger partial charge in [0.25, 0.3) is 0 Å². The van der Waals surface area contributed by atoms with Crippen molar-refractivity contribution in [2.75, 3.05) is 0 Å². The minimum Gasteiger partial charge on any atom is -0.298 e. The highest BCUT2D eigenvalue weighted by molar-refractivity contribution is 5.72. The standard InChI is InChI=1S/C22H42O/c1-3-5-7-9-11-12-14-16-18-20-22(21-23)19-17-15-13-10-8-6-4-2/h20-21H,3-19H2,1-2H3/b22-20-. The lowest BCUT2D eigenvalue weighted by Gasteiger charge is -2.03. The fourth-order valence-electron chi connectivity index (χ4n) is 3.06. The van der Waals surface area contributed by atoms with E-state index in [1.165, 1.54) is 96.3 Å². The summed E-state index contributed by atoms with van der Waals surface area (Å²) in [4.78, 5) is 11.1. The topological polar surface area (TPSA) is 17.1 Å². The van der Waals surface area contributed by atoms with Crippen molar-refractivity contribution in [2.45, 2.75) is 123 Å². The molecule has 0 amide bonds. The van der Waals surface area contributed by atoms with Gasteiger partial charge in [-0.25, -0.2) is 0 Å². The summed E-state index contributed by atoms with van der Waals surface area (Å²) in [5, 5.41) is 0. The lowest BCUT2D eigenvalue weighted by Crippen LogP contribution is -1.88. The summed E-state index contributed by atoms with van der Waals surface area (Å²) in [6.45, 7) is 4.52. The van der Waals surface area contributed by atoms with Gasteiger partial charge in [0, 0.05) is 0 Å². The molecular weight excluding hydrogens is 280 g/mol. The summed E-state index contributed by atoms with van der Waals surface area (Å²) in [6.07, 6.45) is 25.5. The molecule has 0 radical (unpaired) electrons. The van der Waals surface area contributed by atoms with E-state index in [4.69, 9.17) is 0 Å².